The van der Waals surface area contributed by atoms with E-state index in [2.05, 4.69) is 33.0 Å². The summed E-state index contributed by atoms with van der Waals surface area (Å²) >= 11 is 1.24. The van der Waals surface area contributed by atoms with Crippen molar-refractivity contribution in [2.45, 2.75) is 57.7 Å². The fraction of sp³-hybridized carbons (Fsp3) is 0.417. The fourth-order valence-electron chi connectivity index (χ4n) is 4.74. The van der Waals surface area contributed by atoms with E-state index in [1.807, 2.05) is 19.9 Å². The summed E-state index contributed by atoms with van der Waals surface area (Å²) in [7, 11) is 0. The van der Waals surface area contributed by atoms with E-state index < -0.39 is 0 Å². The Morgan fingerprint density at radius 3 is 2.75 bits per heavy atom. The summed E-state index contributed by atoms with van der Waals surface area (Å²) in [6.45, 7) is 5.09. The first-order chi connectivity index (χ1) is 15.5. The zero-order valence-electron chi connectivity index (χ0n) is 18.4. The Morgan fingerprint density at radius 2 is 1.94 bits per heavy atom. The number of aryl methyl sites for hydroxylation is 3. The van der Waals surface area contributed by atoms with Crippen LogP contribution >= 0.6 is 11.8 Å². The fourth-order valence-corrected chi connectivity index (χ4v) is 5.40. The highest BCUT2D eigenvalue weighted by atomic mass is 32.2. The average Bonchev–Trinajstić information content (AvgIpc) is 3.55. The highest BCUT2D eigenvalue weighted by Gasteiger charge is 2.23. The lowest BCUT2D eigenvalue weighted by molar-refractivity contribution is -0.128. The molecule has 0 spiro atoms. The number of carbonyl (C=O) groups is 2. The third-order valence-electron chi connectivity index (χ3n) is 6.34. The minimum atomic E-state index is 0.0324. The van der Waals surface area contributed by atoms with E-state index >= 15 is 0 Å². The number of amides is 1. The first kappa shape index (κ1) is 21.0. The molecule has 0 unspecified atom stereocenters. The molecule has 5 rings (SSSR count). The first-order valence-corrected chi connectivity index (χ1v) is 12.1. The number of likely N-dealkylation sites (tertiary alicyclic amines) is 1. The number of hydrogen-bond acceptors (Lipinski definition) is 6. The van der Waals surface area contributed by atoms with Crippen molar-refractivity contribution in [2.75, 3.05) is 12.3 Å². The van der Waals surface area contributed by atoms with Crippen LogP contribution in [0.25, 0.3) is 5.69 Å². The van der Waals surface area contributed by atoms with Crippen LogP contribution in [0.15, 0.2) is 33.9 Å². The molecule has 1 amide bonds. The van der Waals surface area contributed by atoms with E-state index in [1.54, 1.807) is 4.90 Å². The minimum Gasteiger partial charge on any atom is -0.414 e. The zero-order valence-corrected chi connectivity index (χ0v) is 19.2. The quantitative estimate of drug-likeness (QED) is 0.399. The number of benzene rings is 1. The molecule has 3 heterocycles. The van der Waals surface area contributed by atoms with Crippen molar-refractivity contribution in [1.29, 1.82) is 0 Å². The van der Waals surface area contributed by atoms with Gasteiger partial charge >= 0.3 is 0 Å². The van der Waals surface area contributed by atoms with E-state index in [4.69, 9.17) is 4.42 Å². The maximum atomic E-state index is 13.0. The molecule has 1 aliphatic carbocycles. The van der Waals surface area contributed by atoms with E-state index in [-0.39, 0.29) is 17.4 Å². The van der Waals surface area contributed by atoms with Crippen molar-refractivity contribution in [2.24, 2.45) is 0 Å². The molecular weight excluding hydrogens is 424 g/mol. The third-order valence-corrected chi connectivity index (χ3v) is 7.16. The summed E-state index contributed by atoms with van der Waals surface area (Å²) in [4.78, 5) is 26.5. The summed E-state index contributed by atoms with van der Waals surface area (Å²) in [6.07, 6.45) is 4.95. The molecule has 166 valence electrons. The Morgan fingerprint density at radius 1 is 1.09 bits per heavy atom. The van der Waals surface area contributed by atoms with Gasteiger partial charge in [0.25, 0.3) is 5.22 Å². The molecule has 3 aromatic rings. The molecule has 0 saturated carbocycles. The molecule has 1 fully saturated rings. The lowest BCUT2D eigenvalue weighted by atomic mass is 10.1. The Labute approximate surface area is 191 Å². The van der Waals surface area contributed by atoms with Crippen molar-refractivity contribution in [3.63, 3.8) is 0 Å². The molecule has 2 aliphatic rings. The van der Waals surface area contributed by atoms with Gasteiger partial charge < -0.3 is 13.9 Å². The van der Waals surface area contributed by atoms with Crippen LogP contribution in [-0.2, 0) is 24.2 Å². The number of rotatable bonds is 7. The van der Waals surface area contributed by atoms with E-state index in [0.717, 1.165) is 48.4 Å². The number of nitrogens with zero attached hydrogens (tertiary/aromatic N) is 4. The van der Waals surface area contributed by atoms with Crippen LogP contribution in [0.5, 0.6) is 0 Å². The average molecular weight is 451 g/mol. The molecule has 0 radical (unpaired) electrons. The molecule has 8 heteroatoms. The molecule has 32 heavy (non-hydrogen) atoms. The molecule has 1 aromatic carbocycles. The monoisotopic (exact) mass is 450 g/mol. The smallest absolute Gasteiger partial charge is 0.277 e. The third kappa shape index (κ3) is 3.99. The normalized spacial score (nSPS) is 15.6. The number of carbonyl (C=O) groups excluding carboxylic acids is 2. The van der Waals surface area contributed by atoms with Gasteiger partial charge in [0.1, 0.15) is 0 Å². The van der Waals surface area contributed by atoms with Crippen LogP contribution in [0.2, 0.25) is 0 Å². The summed E-state index contributed by atoms with van der Waals surface area (Å²) in [5, 5.41) is 8.40. The van der Waals surface area contributed by atoms with E-state index in [0.29, 0.717) is 24.1 Å². The Hall–Kier alpha value is -2.87. The standard InChI is InChI=1S/C24H26N4O3S/c1-15-11-20(16(2)28(15)19-9-8-17-5-3-6-18(17)12-19)21(29)14-32-24-26-25-22(31-24)13-27-10-4-7-23(27)30/h8-9,11-12H,3-7,10,13-14H2,1-2H3. The van der Waals surface area contributed by atoms with Gasteiger partial charge in [-0.3, -0.25) is 9.59 Å². The highest BCUT2D eigenvalue weighted by Crippen LogP contribution is 2.28. The number of hydrogen-bond donors (Lipinski definition) is 0. The molecule has 1 saturated heterocycles. The largest absolute Gasteiger partial charge is 0.414 e. The number of Topliss-reactive ketones (excluding diaryl/α,β-unsaturated/α-hetero) is 1. The second-order valence-corrected chi connectivity index (χ2v) is 9.45. The van der Waals surface area contributed by atoms with Gasteiger partial charge in [0.15, 0.2) is 5.78 Å². The predicted molar refractivity (Wildman–Crippen MR) is 121 cm³/mol. The Balaban J connectivity index is 1.26. The molecule has 1 aliphatic heterocycles. The van der Waals surface area contributed by atoms with Gasteiger partial charge in [-0.05, 0) is 68.9 Å². The second-order valence-electron chi connectivity index (χ2n) is 8.52. The molecule has 0 N–H and O–H groups in total. The van der Waals surface area contributed by atoms with Crippen molar-refractivity contribution in [3.8, 4) is 5.69 Å². The van der Waals surface area contributed by atoms with Crippen LogP contribution < -0.4 is 0 Å². The highest BCUT2D eigenvalue weighted by molar-refractivity contribution is 7.99. The topological polar surface area (TPSA) is 81.2 Å². The molecule has 7 nitrogen and oxygen atoms in total. The van der Waals surface area contributed by atoms with Gasteiger partial charge in [-0.1, -0.05) is 17.8 Å². The van der Waals surface area contributed by atoms with Gasteiger partial charge in [-0.25, -0.2) is 0 Å². The van der Waals surface area contributed by atoms with Crippen molar-refractivity contribution < 1.29 is 14.0 Å². The molecule has 0 atom stereocenters. The van der Waals surface area contributed by atoms with Crippen LogP contribution in [0.3, 0.4) is 0 Å². The van der Waals surface area contributed by atoms with Crippen molar-refractivity contribution in [1.82, 2.24) is 19.7 Å². The minimum absolute atomic E-state index is 0.0324. The summed E-state index contributed by atoms with van der Waals surface area (Å²) in [5.41, 5.74) is 6.69. The summed E-state index contributed by atoms with van der Waals surface area (Å²) in [6, 6.07) is 8.59. The zero-order chi connectivity index (χ0) is 22.2. The number of thioether (sulfide) groups is 1. The summed E-state index contributed by atoms with van der Waals surface area (Å²) in [5.74, 6) is 0.778. The maximum absolute atomic E-state index is 13.0. The van der Waals surface area contributed by atoms with Gasteiger partial charge in [0, 0.05) is 35.6 Å². The van der Waals surface area contributed by atoms with E-state index in [9.17, 15) is 9.59 Å². The van der Waals surface area contributed by atoms with Crippen LogP contribution in [0, 0.1) is 13.8 Å². The van der Waals surface area contributed by atoms with Crippen LogP contribution in [0.1, 0.15) is 58.0 Å². The van der Waals surface area contributed by atoms with Gasteiger partial charge in [-0.15, -0.1) is 10.2 Å². The maximum Gasteiger partial charge on any atom is 0.277 e. The predicted octanol–water partition coefficient (Wildman–Crippen LogP) is 4.06. The number of fused-ring (bicyclic) bond motifs is 1. The van der Waals surface area contributed by atoms with Gasteiger partial charge in [0.05, 0.1) is 12.3 Å². The molecule has 2 aromatic heterocycles. The number of ketones is 1. The Bertz CT molecular complexity index is 1200. The van der Waals surface area contributed by atoms with Crippen LogP contribution in [0.4, 0.5) is 0 Å². The van der Waals surface area contributed by atoms with E-state index in [1.165, 1.54) is 29.3 Å². The second kappa shape index (κ2) is 8.58. The SMILES string of the molecule is Cc1cc(C(=O)CSc2nnc(CN3CCCC3=O)o2)c(C)n1-c1ccc2c(c1)CCC2. The van der Waals surface area contributed by atoms with Crippen LogP contribution in [-0.4, -0.2) is 43.7 Å². The lowest BCUT2D eigenvalue weighted by Crippen LogP contribution is -2.23. The van der Waals surface area contributed by atoms with Crippen molar-refractivity contribution in [3.05, 3.63) is 58.2 Å². The molecule has 0 bridgehead atoms. The summed E-state index contributed by atoms with van der Waals surface area (Å²) < 4.78 is 7.80. The molecular formula is C24H26N4O3S. The Kier molecular flexibility index (Phi) is 5.63. The van der Waals surface area contributed by atoms with Gasteiger partial charge in [0.2, 0.25) is 11.8 Å². The lowest BCUT2D eigenvalue weighted by Gasteiger charge is -2.12. The number of aromatic nitrogens is 3. The van der Waals surface area contributed by atoms with Gasteiger partial charge in [-0.2, -0.15) is 0 Å². The first-order valence-electron chi connectivity index (χ1n) is 11.1. The van der Waals surface area contributed by atoms with Crippen molar-refractivity contribution >= 4 is 23.5 Å².